The minimum Gasteiger partial charge on any atom is -0.497 e. The summed E-state index contributed by atoms with van der Waals surface area (Å²) in [6.45, 7) is -0.0440. The fourth-order valence-electron chi connectivity index (χ4n) is 2.31. The second-order valence-electron chi connectivity index (χ2n) is 4.95. The van der Waals surface area contributed by atoms with Crippen LogP contribution in [0.25, 0.3) is 0 Å². The Kier molecular flexibility index (Phi) is 4.71. The molecule has 0 amide bonds. The van der Waals surface area contributed by atoms with E-state index in [1.165, 1.54) is 5.56 Å². The van der Waals surface area contributed by atoms with Crippen LogP contribution in [-0.4, -0.2) is 37.3 Å². The van der Waals surface area contributed by atoms with Crippen LogP contribution in [0.15, 0.2) is 24.3 Å². The van der Waals surface area contributed by atoms with Gasteiger partial charge in [0.15, 0.2) is 0 Å². The first kappa shape index (κ1) is 14.2. The lowest BCUT2D eigenvalue weighted by molar-refractivity contribution is -0.00634. The fraction of sp³-hybridized carbons (Fsp3) is 0.571. The Bertz CT molecular complexity index is 391. The van der Waals surface area contributed by atoms with E-state index in [1.54, 1.807) is 7.11 Å². The highest BCUT2D eigenvalue weighted by Gasteiger charge is 2.30. The van der Waals surface area contributed by atoms with Crippen molar-refractivity contribution in [2.75, 3.05) is 13.7 Å². The second kappa shape index (κ2) is 6.30. The zero-order valence-corrected chi connectivity index (χ0v) is 10.9. The Morgan fingerprint density at radius 1 is 1.32 bits per heavy atom. The molecule has 1 saturated carbocycles. The third-order valence-corrected chi connectivity index (χ3v) is 3.63. The smallest absolute Gasteiger partial charge is 0.265 e. The molecule has 0 aromatic heterocycles. The van der Waals surface area contributed by atoms with Gasteiger partial charge in [0.1, 0.15) is 11.9 Å². The molecule has 3 nitrogen and oxygen atoms in total. The zero-order valence-electron chi connectivity index (χ0n) is 10.9. The van der Waals surface area contributed by atoms with Gasteiger partial charge in [-0.15, -0.1) is 0 Å². The standard InChI is InChI=1S/C14H19F2NO2/c1-19-12-4-2-9(3-5-12)10-6-11(7-10)17-8-13(18)14(15)16/h2-5,10-11,13-14,17-18H,6-8H2,1H3. The number of hydrogen-bond donors (Lipinski definition) is 2. The van der Waals surface area contributed by atoms with Gasteiger partial charge in [0.05, 0.1) is 7.11 Å². The predicted octanol–water partition coefficient (Wildman–Crippen LogP) is 2.16. The first-order valence-corrected chi connectivity index (χ1v) is 6.43. The quantitative estimate of drug-likeness (QED) is 0.833. The number of ether oxygens (including phenoxy) is 1. The zero-order chi connectivity index (χ0) is 13.8. The number of benzene rings is 1. The van der Waals surface area contributed by atoms with Crippen LogP contribution in [0.4, 0.5) is 8.78 Å². The minimum absolute atomic E-state index is 0.0440. The normalized spacial score (nSPS) is 24.1. The molecule has 0 spiro atoms. The summed E-state index contributed by atoms with van der Waals surface area (Å²) >= 11 is 0. The molecule has 1 aliphatic rings. The molecule has 0 aliphatic heterocycles. The van der Waals surface area contributed by atoms with Gasteiger partial charge in [0, 0.05) is 12.6 Å². The molecule has 1 atom stereocenters. The summed E-state index contributed by atoms with van der Waals surface area (Å²) in [5, 5.41) is 12.0. The first-order valence-electron chi connectivity index (χ1n) is 6.43. The van der Waals surface area contributed by atoms with Gasteiger partial charge in [-0.05, 0) is 36.5 Å². The van der Waals surface area contributed by atoms with E-state index in [4.69, 9.17) is 9.84 Å². The number of alkyl halides is 2. The van der Waals surface area contributed by atoms with Crippen molar-refractivity contribution in [2.45, 2.75) is 37.3 Å². The molecule has 1 aliphatic carbocycles. The Hall–Kier alpha value is -1.20. The lowest BCUT2D eigenvalue weighted by Gasteiger charge is -2.37. The summed E-state index contributed by atoms with van der Waals surface area (Å²) in [4.78, 5) is 0. The van der Waals surface area contributed by atoms with Crippen molar-refractivity contribution < 1.29 is 18.6 Å². The van der Waals surface area contributed by atoms with E-state index in [1.807, 2.05) is 24.3 Å². The largest absolute Gasteiger partial charge is 0.497 e. The molecule has 106 valence electrons. The van der Waals surface area contributed by atoms with E-state index in [0.29, 0.717) is 5.92 Å². The molecule has 19 heavy (non-hydrogen) atoms. The van der Waals surface area contributed by atoms with Gasteiger partial charge in [-0.2, -0.15) is 0 Å². The van der Waals surface area contributed by atoms with Crippen LogP contribution in [0.1, 0.15) is 24.3 Å². The summed E-state index contributed by atoms with van der Waals surface area (Å²) in [5.41, 5.74) is 1.24. The van der Waals surface area contributed by atoms with Crippen molar-refractivity contribution in [1.82, 2.24) is 5.32 Å². The molecular weight excluding hydrogens is 252 g/mol. The van der Waals surface area contributed by atoms with Crippen LogP contribution in [0.5, 0.6) is 5.75 Å². The molecule has 0 heterocycles. The van der Waals surface area contributed by atoms with Gasteiger partial charge in [0.25, 0.3) is 6.43 Å². The topological polar surface area (TPSA) is 41.5 Å². The molecule has 1 aromatic rings. The lowest BCUT2D eigenvalue weighted by atomic mass is 9.76. The minimum atomic E-state index is -2.68. The summed E-state index contributed by atoms with van der Waals surface area (Å²) in [7, 11) is 1.63. The molecule has 1 aromatic carbocycles. The predicted molar refractivity (Wildman–Crippen MR) is 68.8 cm³/mol. The molecule has 1 fully saturated rings. The number of nitrogens with one attached hydrogen (secondary N) is 1. The Morgan fingerprint density at radius 3 is 2.47 bits per heavy atom. The third-order valence-electron chi connectivity index (χ3n) is 3.63. The number of methoxy groups -OCH3 is 1. The maximum Gasteiger partial charge on any atom is 0.265 e. The number of halogens is 2. The molecule has 2 N–H and O–H groups in total. The van der Waals surface area contributed by atoms with Gasteiger partial charge in [0.2, 0.25) is 0 Å². The number of rotatable bonds is 6. The van der Waals surface area contributed by atoms with Crippen LogP contribution in [0.2, 0.25) is 0 Å². The fourth-order valence-corrected chi connectivity index (χ4v) is 2.31. The van der Waals surface area contributed by atoms with Gasteiger partial charge in [-0.3, -0.25) is 0 Å². The van der Waals surface area contributed by atoms with Crippen molar-refractivity contribution in [3.8, 4) is 5.75 Å². The first-order chi connectivity index (χ1) is 9.10. The van der Waals surface area contributed by atoms with Gasteiger partial charge in [-0.1, -0.05) is 12.1 Å². The maximum atomic E-state index is 12.1. The van der Waals surface area contributed by atoms with E-state index in [9.17, 15) is 8.78 Å². The summed E-state index contributed by atoms with van der Waals surface area (Å²) in [6, 6.07) is 8.15. The monoisotopic (exact) mass is 271 g/mol. The molecule has 0 bridgehead atoms. The Labute approximate surface area is 111 Å². The van der Waals surface area contributed by atoms with E-state index in [-0.39, 0.29) is 12.6 Å². The summed E-state index contributed by atoms with van der Waals surface area (Å²) < 4.78 is 29.3. The molecule has 0 radical (unpaired) electrons. The Morgan fingerprint density at radius 2 is 1.95 bits per heavy atom. The van der Waals surface area contributed by atoms with Crippen LogP contribution < -0.4 is 10.1 Å². The highest BCUT2D eigenvalue weighted by Crippen LogP contribution is 2.37. The molecule has 5 heteroatoms. The third kappa shape index (κ3) is 3.64. The summed E-state index contributed by atoms with van der Waals surface area (Å²) in [6.07, 6.45) is -2.41. The number of aliphatic hydroxyl groups excluding tert-OH is 1. The molecule has 1 unspecified atom stereocenters. The SMILES string of the molecule is COc1ccc(C2CC(NCC(O)C(F)F)C2)cc1. The molecule has 0 saturated heterocycles. The van der Waals surface area contributed by atoms with Crippen LogP contribution in [0.3, 0.4) is 0 Å². The van der Waals surface area contributed by atoms with E-state index in [0.717, 1.165) is 18.6 Å². The van der Waals surface area contributed by atoms with Crippen LogP contribution >= 0.6 is 0 Å². The highest BCUT2D eigenvalue weighted by atomic mass is 19.3. The van der Waals surface area contributed by atoms with E-state index in [2.05, 4.69) is 5.32 Å². The maximum absolute atomic E-state index is 12.1. The molecular formula is C14H19F2NO2. The highest BCUT2D eigenvalue weighted by molar-refractivity contribution is 5.30. The average Bonchev–Trinajstić information content (AvgIpc) is 2.37. The van der Waals surface area contributed by atoms with Crippen molar-refractivity contribution in [1.29, 1.82) is 0 Å². The average molecular weight is 271 g/mol. The second-order valence-corrected chi connectivity index (χ2v) is 4.95. The van der Waals surface area contributed by atoms with Crippen LogP contribution in [-0.2, 0) is 0 Å². The van der Waals surface area contributed by atoms with Crippen LogP contribution in [0, 0.1) is 0 Å². The van der Waals surface area contributed by atoms with Gasteiger partial charge in [-0.25, -0.2) is 8.78 Å². The summed E-state index contributed by atoms with van der Waals surface area (Å²) in [5.74, 6) is 1.30. The van der Waals surface area contributed by atoms with Crippen molar-refractivity contribution in [3.05, 3.63) is 29.8 Å². The Balaban J connectivity index is 1.73. The van der Waals surface area contributed by atoms with Gasteiger partial charge < -0.3 is 15.2 Å². The van der Waals surface area contributed by atoms with E-state index < -0.39 is 12.5 Å². The lowest BCUT2D eigenvalue weighted by Crippen LogP contribution is -2.44. The van der Waals surface area contributed by atoms with E-state index >= 15 is 0 Å². The number of hydrogen-bond acceptors (Lipinski definition) is 3. The molecule has 2 rings (SSSR count). The van der Waals surface area contributed by atoms with Crippen molar-refractivity contribution in [3.63, 3.8) is 0 Å². The number of aliphatic hydroxyl groups is 1. The van der Waals surface area contributed by atoms with Gasteiger partial charge >= 0.3 is 0 Å². The van der Waals surface area contributed by atoms with Crippen molar-refractivity contribution in [2.24, 2.45) is 0 Å². The van der Waals surface area contributed by atoms with Crippen molar-refractivity contribution >= 4 is 0 Å².